The summed E-state index contributed by atoms with van der Waals surface area (Å²) < 4.78 is 0. The molecule has 4 nitrogen and oxygen atoms in total. The SMILES string of the molecule is CC(C)NCC(=O)NCCCCN(C)C(C)C. The lowest BCUT2D eigenvalue weighted by Gasteiger charge is -2.20. The van der Waals surface area contributed by atoms with Gasteiger partial charge in [0.05, 0.1) is 6.54 Å². The molecule has 0 saturated heterocycles. The number of unbranched alkanes of at least 4 members (excludes halogenated alkanes) is 1. The van der Waals surface area contributed by atoms with Gasteiger partial charge in [0.25, 0.3) is 0 Å². The monoisotopic (exact) mass is 243 g/mol. The molecule has 17 heavy (non-hydrogen) atoms. The molecule has 0 atom stereocenters. The topological polar surface area (TPSA) is 44.4 Å². The van der Waals surface area contributed by atoms with Gasteiger partial charge in [-0.3, -0.25) is 4.79 Å². The lowest BCUT2D eigenvalue weighted by molar-refractivity contribution is -0.120. The van der Waals surface area contributed by atoms with Crippen molar-refractivity contribution in [2.45, 2.75) is 52.6 Å². The second kappa shape index (κ2) is 9.42. The summed E-state index contributed by atoms with van der Waals surface area (Å²) in [5.41, 5.74) is 0. The summed E-state index contributed by atoms with van der Waals surface area (Å²) in [6, 6.07) is 0.959. The average molecular weight is 243 g/mol. The standard InChI is InChI=1S/C13H29N3O/c1-11(2)15-10-13(17)14-8-6-7-9-16(5)12(3)4/h11-12,15H,6-10H2,1-5H3,(H,14,17). The summed E-state index contributed by atoms with van der Waals surface area (Å²) in [6.45, 7) is 10.8. The van der Waals surface area contributed by atoms with E-state index in [1.165, 1.54) is 0 Å². The zero-order valence-corrected chi connectivity index (χ0v) is 12.0. The first kappa shape index (κ1) is 16.4. The molecule has 0 aromatic heterocycles. The fraction of sp³-hybridized carbons (Fsp3) is 0.923. The van der Waals surface area contributed by atoms with E-state index in [1.807, 2.05) is 13.8 Å². The molecule has 0 aliphatic carbocycles. The maximum atomic E-state index is 11.4. The smallest absolute Gasteiger partial charge is 0.233 e. The van der Waals surface area contributed by atoms with Crippen LogP contribution in [0.5, 0.6) is 0 Å². The summed E-state index contributed by atoms with van der Waals surface area (Å²) >= 11 is 0. The van der Waals surface area contributed by atoms with E-state index < -0.39 is 0 Å². The van der Waals surface area contributed by atoms with Crippen LogP contribution < -0.4 is 10.6 Å². The van der Waals surface area contributed by atoms with E-state index in [0.717, 1.165) is 25.9 Å². The average Bonchev–Trinajstić information content (AvgIpc) is 2.25. The Balaban J connectivity index is 3.36. The molecule has 0 rings (SSSR count). The maximum Gasteiger partial charge on any atom is 0.233 e. The van der Waals surface area contributed by atoms with Crippen molar-refractivity contribution in [1.29, 1.82) is 0 Å². The Labute approximate surface area is 106 Å². The van der Waals surface area contributed by atoms with Crippen LogP contribution in [-0.2, 0) is 4.79 Å². The largest absolute Gasteiger partial charge is 0.355 e. The molecule has 0 spiro atoms. The van der Waals surface area contributed by atoms with Crippen molar-refractivity contribution < 1.29 is 4.79 Å². The van der Waals surface area contributed by atoms with Crippen LogP contribution in [0, 0.1) is 0 Å². The van der Waals surface area contributed by atoms with Crippen LogP contribution in [0.1, 0.15) is 40.5 Å². The van der Waals surface area contributed by atoms with Gasteiger partial charge in [-0.25, -0.2) is 0 Å². The quantitative estimate of drug-likeness (QED) is 0.599. The number of amides is 1. The van der Waals surface area contributed by atoms with Crippen LogP contribution >= 0.6 is 0 Å². The van der Waals surface area contributed by atoms with E-state index in [1.54, 1.807) is 0 Å². The minimum Gasteiger partial charge on any atom is -0.355 e. The molecule has 0 unspecified atom stereocenters. The lowest BCUT2D eigenvalue weighted by Crippen LogP contribution is -2.37. The third-order valence-corrected chi connectivity index (χ3v) is 2.81. The summed E-state index contributed by atoms with van der Waals surface area (Å²) in [6.07, 6.45) is 2.18. The first-order valence-corrected chi connectivity index (χ1v) is 6.63. The van der Waals surface area contributed by atoms with Gasteiger partial charge < -0.3 is 15.5 Å². The Kier molecular flexibility index (Phi) is 9.09. The van der Waals surface area contributed by atoms with Crippen molar-refractivity contribution in [3.63, 3.8) is 0 Å². The van der Waals surface area contributed by atoms with Gasteiger partial charge >= 0.3 is 0 Å². The number of carbonyl (C=O) groups excluding carboxylic acids is 1. The first-order valence-electron chi connectivity index (χ1n) is 6.63. The van der Waals surface area contributed by atoms with Gasteiger partial charge in [-0.1, -0.05) is 13.8 Å². The molecular weight excluding hydrogens is 214 g/mol. The molecule has 0 aromatic carbocycles. The van der Waals surface area contributed by atoms with Crippen LogP contribution in [0.3, 0.4) is 0 Å². The van der Waals surface area contributed by atoms with Crippen molar-refractivity contribution in [2.75, 3.05) is 26.7 Å². The molecule has 0 heterocycles. The molecule has 1 amide bonds. The number of carbonyl (C=O) groups is 1. The molecule has 0 saturated carbocycles. The third-order valence-electron chi connectivity index (χ3n) is 2.81. The van der Waals surface area contributed by atoms with Crippen LogP contribution in [0.4, 0.5) is 0 Å². The summed E-state index contributed by atoms with van der Waals surface area (Å²) in [4.78, 5) is 13.7. The normalized spacial score (nSPS) is 11.5. The van der Waals surface area contributed by atoms with E-state index in [-0.39, 0.29) is 5.91 Å². The Bertz CT molecular complexity index is 205. The van der Waals surface area contributed by atoms with Crippen molar-refractivity contribution in [1.82, 2.24) is 15.5 Å². The van der Waals surface area contributed by atoms with E-state index in [9.17, 15) is 4.79 Å². The minimum atomic E-state index is 0.0934. The van der Waals surface area contributed by atoms with Crippen molar-refractivity contribution in [3.8, 4) is 0 Å². The van der Waals surface area contributed by atoms with Crippen LogP contribution in [0.15, 0.2) is 0 Å². The zero-order chi connectivity index (χ0) is 13.3. The highest BCUT2D eigenvalue weighted by Gasteiger charge is 2.03. The van der Waals surface area contributed by atoms with Gasteiger partial charge in [-0.05, 0) is 40.3 Å². The Morgan fingerprint density at radius 2 is 1.82 bits per heavy atom. The van der Waals surface area contributed by atoms with Gasteiger partial charge in [-0.2, -0.15) is 0 Å². The lowest BCUT2D eigenvalue weighted by atomic mass is 10.2. The minimum absolute atomic E-state index is 0.0934. The summed E-state index contributed by atoms with van der Waals surface area (Å²) in [7, 11) is 2.13. The van der Waals surface area contributed by atoms with Gasteiger partial charge in [0.1, 0.15) is 0 Å². The molecule has 4 heteroatoms. The molecule has 0 fully saturated rings. The molecule has 2 N–H and O–H groups in total. The zero-order valence-electron chi connectivity index (χ0n) is 12.0. The number of hydrogen-bond donors (Lipinski definition) is 2. The van der Waals surface area contributed by atoms with Gasteiger partial charge in [0, 0.05) is 18.6 Å². The van der Waals surface area contributed by atoms with Crippen LogP contribution in [0.2, 0.25) is 0 Å². The van der Waals surface area contributed by atoms with Gasteiger partial charge in [0.2, 0.25) is 5.91 Å². The molecule has 0 aliphatic heterocycles. The van der Waals surface area contributed by atoms with Crippen LogP contribution in [-0.4, -0.2) is 49.6 Å². The molecule has 0 bridgehead atoms. The second-order valence-corrected chi connectivity index (χ2v) is 5.17. The fourth-order valence-corrected chi connectivity index (χ4v) is 1.33. The van der Waals surface area contributed by atoms with Crippen LogP contribution in [0.25, 0.3) is 0 Å². The Morgan fingerprint density at radius 3 is 2.35 bits per heavy atom. The highest BCUT2D eigenvalue weighted by atomic mass is 16.1. The number of rotatable bonds is 9. The number of nitrogens with one attached hydrogen (secondary N) is 2. The predicted molar refractivity (Wildman–Crippen MR) is 73.1 cm³/mol. The number of hydrogen-bond acceptors (Lipinski definition) is 3. The van der Waals surface area contributed by atoms with E-state index in [4.69, 9.17) is 0 Å². The van der Waals surface area contributed by atoms with E-state index >= 15 is 0 Å². The number of nitrogens with zero attached hydrogens (tertiary/aromatic N) is 1. The highest BCUT2D eigenvalue weighted by molar-refractivity contribution is 5.77. The fourth-order valence-electron chi connectivity index (χ4n) is 1.33. The van der Waals surface area contributed by atoms with E-state index in [2.05, 4.69) is 36.4 Å². The molecule has 0 aromatic rings. The molecule has 0 aliphatic rings. The van der Waals surface area contributed by atoms with Crippen molar-refractivity contribution in [2.24, 2.45) is 0 Å². The maximum absolute atomic E-state index is 11.4. The van der Waals surface area contributed by atoms with Gasteiger partial charge in [-0.15, -0.1) is 0 Å². The van der Waals surface area contributed by atoms with Gasteiger partial charge in [0.15, 0.2) is 0 Å². The Hall–Kier alpha value is -0.610. The Morgan fingerprint density at radius 1 is 1.18 bits per heavy atom. The summed E-state index contributed by atoms with van der Waals surface area (Å²) in [5, 5.41) is 6.02. The second-order valence-electron chi connectivity index (χ2n) is 5.17. The molecule has 0 radical (unpaired) electrons. The third kappa shape index (κ3) is 10.3. The van der Waals surface area contributed by atoms with Crippen molar-refractivity contribution >= 4 is 5.91 Å². The van der Waals surface area contributed by atoms with E-state index in [0.29, 0.717) is 18.6 Å². The first-order chi connectivity index (χ1) is 7.93. The predicted octanol–water partition coefficient (Wildman–Crippen LogP) is 1.22. The molecular formula is C13H29N3O. The van der Waals surface area contributed by atoms with Crippen molar-refractivity contribution in [3.05, 3.63) is 0 Å². The molecule has 102 valence electrons. The highest BCUT2D eigenvalue weighted by Crippen LogP contribution is 1.97. The summed E-state index contributed by atoms with van der Waals surface area (Å²) in [5.74, 6) is 0.0934.